The van der Waals surface area contributed by atoms with Crippen molar-refractivity contribution in [1.82, 2.24) is 20.8 Å². The molecule has 3 unspecified atom stereocenters. The fourth-order valence-corrected chi connectivity index (χ4v) is 3.00. The number of guanidine groups is 1. The summed E-state index contributed by atoms with van der Waals surface area (Å²) in [7, 11) is 1.57. The van der Waals surface area contributed by atoms with E-state index < -0.39 is 12.1 Å². The maximum atomic E-state index is 12.9. The summed E-state index contributed by atoms with van der Waals surface area (Å²) in [6, 6.07) is -0.266. The number of hydrogen-bond acceptors (Lipinski definition) is 5. The Morgan fingerprint density at radius 2 is 2.15 bits per heavy atom. The number of hydrogen-bond donors (Lipinski definition) is 2. The minimum atomic E-state index is -4.14. The number of aromatic nitrogens is 2. The van der Waals surface area contributed by atoms with Gasteiger partial charge in [0.2, 0.25) is 5.89 Å². The van der Waals surface area contributed by atoms with Gasteiger partial charge in [-0.3, -0.25) is 4.99 Å². The molecule has 0 radical (unpaired) electrons. The van der Waals surface area contributed by atoms with E-state index in [1.807, 2.05) is 13.8 Å². The highest BCUT2D eigenvalue weighted by molar-refractivity contribution is 14.0. The number of nitrogens with zero attached hydrogens (tertiary/aromatic N) is 3. The molecule has 1 fully saturated rings. The van der Waals surface area contributed by atoms with E-state index in [0.717, 1.165) is 0 Å². The number of ether oxygens (including phenoxy) is 1. The van der Waals surface area contributed by atoms with Crippen LogP contribution >= 0.6 is 24.0 Å². The first-order valence-corrected chi connectivity index (χ1v) is 8.81. The molecule has 1 aliphatic carbocycles. The van der Waals surface area contributed by atoms with Crippen molar-refractivity contribution in [2.45, 2.75) is 64.4 Å². The molecular weight excluding hydrogens is 478 g/mol. The van der Waals surface area contributed by atoms with Crippen LogP contribution in [0.15, 0.2) is 9.52 Å². The van der Waals surface area contributed by atoms with Crippen molar-refractivity contribution in [1.29, 1.82) is 0 Å². The molecule has 2 N–H and O–H groups in total. The highest BCUT2D eigenvalue weighted by atomic mass is 127. The maximum Gasteiger partial charge on any atom is 0.391 e. The summed E-state index contributed by atoms with van der Waals surface area (Å²) in [5.41, 5.74) is 0. The van der Waals surface area contributed by atoms with Crippen LogP contribution in [-0.2, 0) is 11.3 Å². The van der Waals surface area contributed by atoms with Crippen molar-refractivity contribution in [3.63, 3.8) is 0 Å². The number of aliphatic imine (C=N–C) groups is 1. The van der Waals surface area contributed by atoms with Gasteiger partial charge in [-0.1, -0.05) is 11.6 Å². The lowest BCUT2D eigenvalue weighted by Gasteiger charge is -2.31. The zero-order chi connectivity index (χ0) is 19.2. The van der Waals surface area contributed by atoms with E-state index in [2.05, 4.69) is 25.8 Å². The van der Waals surface area contributed by atoms with Gasteiger partial charge in [0, 0.05) is 19.7 Å². The van der Waals surface area contributed by atoms with Crippen LogP contribution in [0, 0.1) is 5.92 Å². The van der Waals surface area contributed by atoms with E-state index >= 15 is 0 Å². The van der Waals surface area contributed by atoms with Gasteiger partial charge >= 0.3 is 6.18 Å². The minimum Gasteiger partial charge on any atom is -0.371 e. The molecule has 0 spiro atoms. The third-order valence-electron chi connectivity index (χ3n) is 4.37. The fourth-order valence-electron chi connectivity index (χ4n) is 3.00. The standard InChI is InChI=1S/C16H26F3N5O2.HI/c1-4-25-10(2)14-23-13(26-24-14)9-21-15(20-3)22-12-7-5-6-11(8-12)16(17,18)19;/h10-12H,4-9H2,1-3H3,(H2,20,21,22);1H. The van der Waals surface area contributed by atoms with E-state index in [0.29, 0.717) is 37.1 Å². The SMILES string of the molecule is CCOC(C)c1noc(CNC(=NC)NC2CCCC(C(F)(F)F)C2)n1.I. The van der Waals surface area contributed by atoms with E-state index in [-0.39, 0.29) is 55.5 Å². The van der Waals surface area contributed by atoms with Gasteiger partial charge in [0.1, 0.15) is 6.10 Å². The van der Waals surface area contributed by atoms with Crippen LogP contribution in [0.2, 0.25) is 0 Å². The molecule has 0 aromatic carbocycles. The molecule has 2 rings (SSSR count). The first-order valence-electron chi connectivity index (χ1n) is 8.81. The van der Waals surface area contributed by atoms with Crippen LogP contribution in [0.5, 0.6) is 0 Å². The first kappa shape index (κ1) is 23.9. The summed E-state index contributed by atoms with van der Waals surface area (Å²) < 4.78 is 49.3. The van der Waals surface area contributed by atoms with Crippen molar-refractivity contribution in [2.24, 2.45) is 10.9 Å². The smallest absolute Gasteiger partial charge is 0.371 e. The van der Waals surface area contributed by atoms with Gasteiger partial charge in [-0.2, -0.15) is 18.2 Å². The normalized spacial score (nSPS) is 22.1. The molecule has 3 atom stereocenters. The molecule has 0 bridgehead atoms. The molecule has 0 amide bonds. The lowest BCUT2D eigenvalue weighted by atomic mass is 9.85. The van der Waals surface area contributed by atoms with Gasteiger partial charge in [-0.25, -0.2) is 0 Å². The monoisotopic (exact) mass is 505 g/mol. The third-order valence-corrected chi connectivity index (χ3v) is 4.37. The van der Waals surface area contributed by atoms with E-state index in [1.165, 1.54) is 0 Å². The van der Waals surface area contributed by atoms with Crippen molar-refractivity contribution >= 4 is 29.9 Å². The van der Waals surface area contributed by atoms with Crippen molar-refractivity contribution in [3.05, 3.63) is 11.7 Å². The van der Waals surface area contributed by atoms with E-state index in [1.54, 1.807) is 7.05 Å². The summed E-state index contributed by atoms with van der Waals surface area (Å²) in [5, 5.41) is 9.90. The highest BCUT2D eigenvalue weighted by Gasteiger charge is 2.42. The van der Waals surface area contributed by atoms with Gasteiger partial charge in [0.15, 0.2) is 11.8 Å². The minimum absolute atomic E-state index is 0. The quantitative estimate of drug-likeness (QED) is 0.350. The predicted octanol–water partition coefficient (Wildman–Crippen LogP) is 3.57. The molecular formula is C16H27F3IN5O2. The molecule has 7 nitrogen and oxygen atoms in total. The number of alkyl halides is 3. The van der Waals surface area contributed by atoms with Gasteiger partial charge in [0.05, 0.1) is 12.5 Å². The molecule has 1 aromatic heterocycles. The van der Waals surface area contributed by atoms with Crippen LogP contribution in [0.4, 0.5) is 13.2 Å². The zero-order valence-electron chi connectivity index (χ0n) is 15.7. The van der Waals surface area contributed by atoms with Crippen molar-refractivity contribution in [3.8, 4) is 0 Å². The molecule has 1 aromatic rings. The molecule has 27 heavy (non-hydrogen) atoms. The van der Waals surface area contributed by atoms with Crippen LogP contribution in [-0.4, -0.2) is 42.0 Å². The van der Waals surface area contributed by atoms with Crippen LogP contribution in [0.1, 0.15) is 57.3 Å². The number of rotatable bonds is 6. The largest absolute Gasteiger partial charge is 0.391 e. The second kappa shape index (κ2) is 11.0. The predicted molar refractivity (Wildman–Crippen MR) is 105 cm³/mol. The molecule has 1 aliphatic rings. The molecule has 0 aliphatic heterocycles. The Labute approximate surface area is 173 Å². The Bertz CT molecular complexity index is 597. The number of halogens is 4. The van der Waals surface area contributed by atoms with Gasteiger partial charge in [-0.15, -0.1) is 24.0 Å². The van der Waals surface area contributed by atoms with Gasteiger partial charge in [0.25, 0.3) is 0 Å². The molecule has 0 saturated heterocycles. The molecule has 156 valence electrons. The Kier molecular flexibility index (Phi) is 9.77. The van der Waals surface area contributed by atoms with Gasteiger partial charge in [-0.05, 0) is 33.1 Å². The Morgan fingerprint density at radius 3 is 2.78 bits per heavy atom. The lowest BCUT2D eigenvalue weighted by molar-refractivity contribution is -0.183. The van der Waals surface area contributed by atoms with Crippen LogP contribution in [0.25, 0.3) is 0 Å². The van der Waals surface area contributed by atoms with Gasteiger partial charge < -0.3 is 19.9 Å². The lowest BCUT2D eigenvalue weighted by Crippen LogP contribution is -2.46. The highest BCUT2D eigenvalue weighted by Crippen LogP contribution is 2.37. The zero-order valence-corrected chi connectivity index (χ0v) is 18.0. The first-order chi connectivity index (χ1) is 12.3. The molecule has 1 heterocycles. The van der Waals surface area contributed by atoms with E-state index in [9.17, 15) is 13.2 Å². The average Bonchev–Trinajstić information content (AvgIpc) is 3.07. The number of nitrogens with one attached hydrogen (secondary N) is 2. The summed E-state index contributed by atoms with van der Waals surface area (Å²) >= 11 is 0. The average molecular weight is 505 g/mol. The van der Waals surface area contributed by atoms with E-state index in [4.69, 9.17) is 9.26 Å². The Morgan fingerprint density at radius 1 is 1.41 bits per heavy atom. The van der Waals surface area contributed by atoms with Crippen LogP contribution in [0.3, 0.4) is 0 Å². The Hall–Kier alpha value is -1.11. The second-order valence-electron chi connectivity index (χ2n) is 6.32. The molecule has 1 saturated carbocycles. The summed E-state index contributed by atoms with van der Waals surface area (Å²) in [4.78, 5) is 8.28. The summed E-state index contributed by atoms with van der Waals surface area (Å²) in [5.74, 6) is -0.0425. The van der Waals surface area contributed by atoms with Crippen molar-refractivity contribution < 1.29 is 22.4 Å². The fraction of sp³-hybridized carbons (Fsp3) is 0.812. The summed E-state index contributed by atoms with van der Waals surface area (Å²) in [6.07, 6.45) is -2.94. The Balaban J connectivity index is 0.00000364. The maximum absolute atomic E-state index is 12.9. The third kappa shape index (κ3) is 7.43. The summed E-state index contributed by atoms with van der Waals surface area (Å²) in [6.45, 7) is 4.47. The topological polar surface area (TPSA) is 84.6 Å². The van der Waals surface area contributed by atoms with Crippen LogP contribution < -0.4 is 10.6 Å². The second-order valence-corrected chi connectivity index (χ2v) is 6.32. The molecule has 11 heteroatoms. The van der Waals surface area contributed by atoms with Crippen molar-refractivity contribution in [2.75, 3.05) is 13.7 Å².